The predicted octanol–water partition coefficient (Wildman–Crippen LogP) is 2.42. The second-order valence-corrected chi connectivity index (χ2v) is 6.49. The average Bonchev–Trinajstić information content (AvgIpc) is 2.50. The number of hydrogen-bond acceptors (Lipinski definition) is 4. The minimum atomic E-state index is -0.597. The van der Waals surface area contributed by atoms with E-state index in [1.807, 2.05) is 13.0 Å². The van der Waals surface area contributed by atoms with Crippen LogP contribution in [0.3, 0.4) is 0 Å². The van der Waals surface area contributed by atoms with E-state index in [9.17, 15) is 20.4 Å². The molecule has 4 nitrogen and oxygen atoms in total. The van der Waals surface area contributed by atoms with E-state index in [0.717, 1.165) is 11.1 Å². The summed E-state index contributed by atoms with van der Waals surface area (Å²) >= 11 is 0. The molecule has 134 valence electrons. The van der Waals surface area contributed by atoms with Crippen LogP contribution in [-0.4, -0.2) is 44.8 Å². The summed E-state index contributed by atoms with van der Waals surface area (Å²) in [7, 11) is 0. The van der Waals surface area contributed by atoms with Crippen molar-refractivity contribution in [3.05, 3.63) is 60.8 Å². The molecule has 4 heteroatoms. The van der Waals surface area contributed by atoms with Gasteiger partial charge in [0, 0.05) is 18.8 Å². The number of hydrogen-bond donors (Lipinski definition) is 4. The van der Waals surface area contributed by atoms with Gasteiger partial charge in [0.25, 0.3) is 0 Å². The summed E-state index contributed by atoms with van der Waals surface area (Å²) in [5, 5.41) is 37.6. The minimum absolute atomic E-state index is 0.159. The quantitative estimate of drug-likeness (QED) is 0.625. The molecule has 0 amide bonds. The van der Waals surface area contributed by atoms with Gasteiger partial charge in [-0.05, 0) is 24.0 Å². The van der Waals surface area contributed by atoms with Crippen molar-refractivity contribution in [2.24, 2.45) is 5.92 Å². The Hall–Kier alpha value is -1.46. The lowest BCUT2D eigenvalue weighted by Gasteiger charge is -2.30. The van der Waals surface area contributed by atoms with E-state index in [1.54, 1.807) is 18.2 Å². The maximum Gasteiger partial charge on any atom is 0.0811 e. The summed E-state index contributed by atoms with van der Waals surface area (Å²) in [5.41, 5.74) is 2.70. The van der Waals surface area contributed by atoms with Gasteiger partial charge in [0.1, 0.15) is 0 Å². The summed E-state index contributed by atoms with van der Waals surface area (Å²) < 4.78 is 0. The first-order chi connectivity index (χ1) is 11.3. The smallest absolute Gasteiger partial charge is 0.0811 e. The zero-order chi connectivity index (χ0) is 18.3. The van der Waals surface area contributed by atoms with Gasteiger partial charge < -0.3 is 20.4 Å². The van der Waals surface area contributed by atoms with Crippen LogP contribution < -0.4 is 0 Å². The molecule has 0 aliphatic heterocycles. The Morgan fingerprint density at radius 3 is 2.08 bits per heavy atom. The third-order valence-electron chi connectivity index (χ3n) is 4.56. The standard InChI is InChI=1S/C10H16O2.C10H14O2/c2*1-3-4-8-5-9(11)6-10(12)7(8)2/h3-4,7,9-12H,1,5-6H2,2H3;3-4,9-12H,1-2,5-6H2/b2*8-4-. The molecule has 2 rings (SSSR count). The second-order valence-electron chi connectivity index (χ2n) is 6.49. The van der Waals surface area contributed by atoms with Crippen LogP contribution >= 0.6 is 0 Å². The molecule has 5 unspecified atom stereocenters. The molecule has 0 saturated heterocycles. The first kappa shape index (κ1) is 20.6. The van der Waals surface area contributed by atoms with Crippen molar-refractivity contribution < 1.29 is 20.4 Å². The first-order valence-electron chi connectivity index (χ1n) is 8.34. The monoisotopic (exact) mass is 334 g/mol. The van der Waals surface area contributed by atoms with E-state index >= 15 is 0 Å². The lowest BCUT2D eigenvalue weighted by molar-refractivity contribution is 0.0333. The van der Waals surface area contributed by atoms with Crippen LogP contribution in [0.1, 0.15) is 32.6 Å². The Morgan fingerprint density at radius 2 is 1.50 bits per heavy atom. The van der Waals surface area contributed by atoms with Crippen LogP contribution in [0.4, 0.5) is 0 Å². The minimum Gasteiger partial charge on any atom is -0.393 e. The van der Waals surface area contributed by atoms with E-state index in [2.05, 4.69) is 19.7 Å². The fourth-order valence-electron chi connectivity index (χ4n) is 3.04. The summed E-state index contributed by atoms with van der Waals surface area (Å²) in [6.45, 7) is 12.9. The third-order valence-corrected chi connectivity index (χ3v) is 4.56. The van der Waals surface area contributed by atoms with Gasteiger partial charge in [0.05, 0.1) is 24.4 Å². The molecule has 0 bridgehead atoms. The van der Waals surface area contributed by atoms with Crippen LogP contribution in [0.25, 0.3) is 0 Å². The van der Waals surface area contributed by atoms with Gasteiger partial charge in [0.15, 0.2) is 0 Å². The molecular formula is C20H30O4. The molecule has 2 aliphatic carbocycles. The van der Waals surface area contributed by atoms with Crippen LogP contribution in [0.15, 0.2) is 60.8 Å². The van der Waals surface area contributed by atoms with E-state index in [-0.39, 0.29) is 12.0 Å². The van der Waals surface area contributed by atoms with Crippen molar-refractivity contribution in [1.82, 2.24) is 0 Å². The van der Waals surface area contributed by atoms with E-state index in [0.29, 0.717) is 31.3 Å². The molecule has 0 aromatic carbocycles. The van der Waals surface area contributed by atoms with Crippen molar-refractivity contribution >= 4 is 0 Å². The topological polar surface area (TPSA) is 80.9 Å². The normalized spacial score (nSPS) is 36.9. The van der Waals surface area contributed by atoms with Gasteiger partial charge in [-0.25, -0.2) is 0 Å². The zero-order valence-corrected chi connectivity index (χ0v) is 14.4. The fourth-order valence-corrected chi connectivity index (χ4v) is 3.04. The molecular weight excluding hydrogens is 304 g/mol. The molecule has 0 aromatic rings. The number of aliphatic hydroxyl groups excluding tert-OH is 4. The molecule has 5 atom stereocenters. The maximum atomic E-state index is 9.51. The third kappa shape index (κ3) is 5.87. The molecule has 4 N–H and O–H groups in total. The zero-order valence-electron chi connectivity index (χ0n) is 14.4. The average molecular weight is 334 g/mol. The van der Waals surface area contributed by atoms with Crippen molar-refractivity contribution in [3.63, 3.8) is 0 Å². The number of aliphatic hydroxyl groups is 4. The molecule has 2 saturated carbocycles. The highest BCUT2D eigenvalue weighted by Crippen LogP contribution is 2.29. The maximum absolute atomic E-state index is 9.51. The highest BCUT2D eigenvalue weighted by atomic mass is 16.3. The summed E-state index contributed by atoms with van der Waals surface area (Å²) in [6, 6.07) is 0. The Balaban J connectivity index is 0.000000240. The largest absolute Gasteiger partial charge is 0.393 e. The van der Waals surface area contributed by atoms with Crippen molar-refractivity contribution in [2.75, 3.05) is 0 Å². The Kier molecular flexibility index (Phi) is 8.36. The van der Waals surface area contributed by atoms with Gasteiger partial charge in [-0.2, -0.15) is 0 Å². The Labute approximate surface area is 144 Å². The summed E-state index contributed by atoms with van der Waals surface area (Å²) in [4.78, 5) is 0. The summed E-state index contributed by atoms with van der Waals surface area (Å²) in [5.74, 6) is 0.159. The first-order valence-corrected chi connectivity index (χ1v) is 8.34. The molecule has 0 spiro atoms. The summed E-state index contributed by atoms with van der Waals surface area (Å²) in [6.07, 6.45) is 7.32. The molecule has 0 aromatic heterocycles. The molecule has 0 heterocycles. The van der Waals surface area contributed by atoms with Crippen molar-refractivity contribution in [3.8, 4) is 0 Å². The highest BCUT2D eigenvalue weighted by Gasteiger charge is 2.28. The molecule has 2 aliphatic rings. The lowest BCUT2D eigenvalue weighted by Crippen LogP contribution is -2.32. The van der Waals surface area contributed by atoms with Gasteiger partial charge in [0.2, 0.25) is 0 Å². The van der Waals surface area contributed by atoms with Crippen LogP contribution in [-0.2, 0) is 0 Å². The van der Waals surface area contributed by atoms with Crippen LogP contribution in [0, 0.1) is 5.92 Å². The predicted molar refractivity (Wildman–Crippen MR) is 97.4 cm³/mol. The number of rotatable bonds is 2. The van der Waals surface area contributed by atoms with Gasteiger partial charge in [-0.15, -0.1) is 0 Å². The lowest BCUT2D eigenvalue weighted by atomic mass is 9.81. The molecule has 0 radical (unpaired) electrons. The number of allylic oxidation sites excluding steroid dienone is 4. The fraction of sp³-hybridized carbons (Fsp3) is 0.500. The second kappa shape index (κ2) is 9.74. The van der Waals surface area contributed by atoms with E-state index in [4.69, 9.17) is 0 Å². The SMILES string of the molecule is C=C/C=C1/CC(O)CC(O)C1=C.C=C/C=C1/CC(O)CC(O)C1C. The van der Waals surface area contributed by atoms with Gasteiger partial charge in [-0.1, -0.05) is 56.5 Å². The van der Waals surface area contributed by atoms with Crippen molar-refractivity contribution in [1.29, 1.82) is 0 Å². The van der Waals surface area contributed by atoms with E-state index in [1.165, 1.54) is 0 Å². The Morgan fingerprint density at radius 1 is 0.917 bits per heavy atom. The van der Waals surface area contributed by atoms with E-state index < -0.39 is 18.3 Å². The molecule has 24 heavy (non-hydrogen) atoms. The molecule has 2 fully saturated rings. The Bertz CT molecular complexity index is 518. The van der Waals surface area contributed by atoms with Gasteiger partial charge >= 0.3 is 0 Å². The highest BCUT2D eigenvalue weighted by molar-refractivity contribution is 5.36. The van der Waals surface area contributed by atoms with Crippen LogP contribution in [0.2, 0.25) is 0 Å². The van der Waals surface area contributed by atoms with Gasteiger partial charge in [-0.3, -0.25) is 0 Å². The van der Waals surface area contributed by atoms with Crippen LogP contribution in [0.5, 0.6) is 0 Å². The van der Waals surface area contributed by atoms with Crippen molar-refractivity contribution in [2.45, 2.75) is 57.0 Å².